The molecule has 0 aliphatic heterocycles. The normalized spacial score (nSPS) is 28.7. The summed E-state index contributed by atoms with van der Waals surface area (Å²) in [5, 5.41) is 0. The predicted molar refractivity (Wildman–Crippen MR) is 59.1 cm³/mol. The van der Waals surface area contributed by atoms with E-state index in [1.54, 1.807) is 0 Å². The summed E-state index contributed by atoms with van der Waals surface area (Å²) in [5.41, 5.74) is 0.843. The third kappa shape index (κ3) is 3.60. The van der Waals surface area contributed by atoms with Crippen molar-refractivity contribution in [3.8, 4) is 0 Å². The molecule has 0 aromatic rings. The fourth-order valence-corrected chi connectivity index (χ4v) is 2.45. The summed E-state index contributed by atoms with van der Waals surface area (Å²) in [4.78, 5) is 0. The molecule has 2 atom stereocenters. The summed E-state index contributed by atoms with van der Waals surface area (Å²) in [5.74, 6) is 1.51. The molecular weight excluding hydrogens is 245 g/mol. The minimum atomic E-state index is 0. The molecule has 0 unspecified atom stereocenters. The van der Waals surface area contributed by atoms with Crippen molar-refractivity contribution in [1.82, 2.24) is 0 Å². The fraction of sp³-hybridized carbons (Fsp3) is 0.846. The van der Waals surface area contributed by atoms with Crippen molar-refractivity contribution >= 4 is 0 Å². The SMILES string of the molecule is CC(C)(C)[C@H]1[CH-]C[CH-][C@@H]1C(C)(C)C.[Y]. The molecular formula is C13H24Y-2. The van der Waals surface area contributed by atoms with Crippen LogP contribution >= 0.6 is 0 Å². The smallest absolute Gasteiger partial charge is 0 e. The summed E-state index contributed by atoms with van der Waals surface area (Å²) < 4.78 is 0. The van der Waals surface area contributed by atoms with Crippen LogP contribution in [0, 0.1) is 35.5 Å². The molecule has 1 aliphatic rings. The standard InChI is InChI=1S/C13H24.Y/c1-12(2,3)10-8-7-9-11(10)13(4,5)6;/h8-11H,7H2,1-6H3;/q-2;/t10-,11-;/m0./s1. The summed E-state index contributed by atoms with van der Waals surface area (Å²) in [7, 11) is 0. The molecule has 0 amide bonds. The maximum atomic E-state index is 2.50. The summed E-state index contributed by atoms with van der Waals surface area (Å²) >= 11 is 0. The van der Waals surface area contributed by atoms with Crippen LogP contribution in [0.2, 0.25) is 0 Å². The van der Waals surface area contributed by atoms with Crippen LogP contribution in [0.4, 0.5) is 0 Å². The van der Waals surface area contributed by atoms with Crippen LogP contribution in [0.5, 0.6) is 0 Å². The van der Waals surface area contributed by atoms with Crippen LogP contribution in [-0.4, -0.2) is 0 Å². The first-order valence-electron chi connectivity index (χ1n) is 5.39. The van der Waals surface area contributed by atoms with Crippen molar-refractivity contribution in [2.75, 3.05) is 0 Å². The second kappa shape index (κ2) is 4.96. The van der Waals surface area contributed by atoms with Crippen molar-refractivity contribution in [2.45, 2.75) is 48.0 Å². The first-order chi connectivity index (χ1) is 5.73. The Labute approximate surface area is 115 Å². The van der Waals surface area contributed by atoms with Gasteiger partial charge in [-0.3, -0.25) is 0 Å². The second-order valence-electron chi connectivity index (χ2n) is 6.49. The van der Waals surface area contributed by atoms with Crippen LogP contribution in [0.25, 0.3) is 0 Å². The van der Waals surface area contributed by atoms with Gasteiger partial charge in [-0.2, -0.15) is 11.8 Å². The van der Waals surface area contributed by atoms with Crippen LogP contribution in [0.3, 0.4) is 0 Å². The van der Waals surface area contributed by atoms with Gasteiger partial charge in [-0.05, 0) is 0 Å². The molecule has 1 saturated carbocycles. The molecule has 0 bridgehead atoms. The average Bonchev–Trinajstić information content (AvgIpc) is 2.27. The van der Waals surface area contributed by atoms with E-state index in [1.807, 2.05) is 0 Å². The van der Waals surface area contributed by atoms with Gasteiger partial charge in [-0.15, -0.1) is 0 Å². The van der Waals surface area contributed by atoms with Gasteiger partial charge in [0.1, 0.15) is 0 Å². The molecule has 0 aromatic carbocycles. The third-order valence-electron chi connectivity index (χ3n) is 3.17. The molecule has 0 spiro atoms. The van der Waals surface area contributed by atoms with Crippen LogP contribution in [0.15, 0.2) is 0 Å². The average molecular weight is 269 g/mol. The maximum absolute atomic E-state index is 2.50. The van der Waals surface area contributed by atoms with E-state index >= 15 is 0 Å². The van der Waals surface area contributed by atoms with Gasteiger partial charge >= 0.3 is 0 Å². The van der Waals surface area contributed by atoms with Gasteiger partial charge < -0.3 is 19.3 Å². The third-order valence-corrected chi connectivity index (χ3v) is 3.17. The van der Waals surface area contributed by atoms with Crippen molar-refractivity contribution in [3.05, 3.63) is 12.8 Å². The fourth-order valence-electron chi connectivity index (χ4n) is 2.45. The van der Waals surface area contributed by atoms with Gasteiger partial charge in [-0.1, -0.05) is 52.4 Å². The summed E-state index contributed by atoms with van der Waals surface area (Å²) in [6.07, 6.45) is 6.19. The molecule has 1 aliphatic carbocycles. The van der Waals surface area contributed by atoms with Gasteiger partial charge in [0.05, 0.1) is 0 Å². The summed E-state index contributed by atoms with van der Waals surface area (Å²) in [6.45, 7) is 14.1. The van der Waals surface area contributed by atoms with Gasteiger partial charge in [-0.25, -0.2) is 0 Å². The monoisotopic (exact) mass is 269 g/mol. The van der Waals surface area contributed by atoms with E-state index < -0.39 is 0 Å². The first-order valence-corrected chi connectivity index (χ1v) is 5.39. The van der Waals surface area contributed by atoms with Crippen molar-refractivity contribution < 1.29 is 32.7 Å². The molecule has 0 saturated heterocycles. The largest absolute Gasteiger partial charge is 0.356 e. The van der Waals surface area contributed by atoms with Crippen LogP contribution in [-0.2, 0) is 32.7 Å². The zero-order chi connectivity index (χ0) is 10.3. The quantitative estimate of drug-likeness (QED) is 0.580. The Balaban J connectivity index is 0.00000169. The van der Waals surface area contributed by atoms with E-state index in [1.165, 1.54) is 6.42 Å². The molecule has 1 rings (SSSR count). The van der Waals surface area contributed by atoms with Gasteiger partial charge in [0, 0.05) is 32.7 Å². The first kappa shape index (κ1) is 15.1. The van der Waals surface area contributed by atoms with Crippen LogP contribution < -0.4 is 0 Å². The Morgan fingerprint density at radius 1 is 0.786 bits per heavy atom. The molecule has 1 heteroatoms. The Morgan fingerprint density at radius 2 is 1.07 bits per heavy atom. The Bertz CT molecular complexity index is 151. The molecule has 14 heavy (non-hydrogen) atoms. The van der Waals surface area contributed by atoms with E-state index in [0.29, 0.717) is 10.8 Å². The number of hydrogen-bond acceptors (Lipinski definition) is 0. The molecule has 0 aromatic heterocycles. The van der Waals surface area contributed by atoms with Gasteiger partial charge in [0.25, 0.3) is 0 Å². The van der Waals surface area contributed by atoms with Crippen molar-refractivity contribution in [2.24, 2.45) is 22.7 Å². The molecule has 0 nitrogen and oxygen atoms in total. The summed E-state index contributed by atoms with van der Waals surface area (Å²) in [6, 6.07) is 0. The van der Waals surface area contributed by atoms with Gasteiger partial charge in [0.15, 0.2) is 0 Å². The number of hydrogen-bond donors (Lipinski definition) is 0. The molecule has 1 radical (unpaired) electrons. The topological polar surface area (TPSA) is 0 Å². The second-order valence-corrected chi connectivity index (χ2v) is 6.49. The predicted octanol–water partition coefficient (Wildman–Crippen LogP) is 4.12. The van der Waals surface area contributed by atoms with Gasteiger partial charge in [0.2, 0.25) is 0 Å². The van der Waals surface area contributed by atoms with E-state index in [4.69, 9.17) is 0 Å². The Morgan fingerprint density at radius 3 is 1.29 bits per heavy atom. The molecule has 1 fully saturated rings. The zero-order valence-corrected chi connectivity index (χ0v) is 13.4. The van der Waals surface area contributed by atoms with Crippen molar-refractivity contribution in [1.29, 1.82) is 0 Å². The zero-order valence-electron chi connectivity index (χ0n) is 10.6. The van der Waals surface area contributed by atoms with Crippen molar-refractivity contribution in [3.63, 3.8) is 0 Å². The maximum Gasteiger partial charge on any atom is 0 e. The Hall–Kier alpha value is 1.10. The van der Waals surface area contributed by atoms with E-state index in [9.17, 15) is 0 Å². The minimum Gasteiger partial charge on any atom is -0.356 e. The Kier molecular flexibility index (Phi) is 5.35. The molecule has 0 heterocycles. The molecule has 81 valence electrons. The minimum absolute atomic E-state index is 0. The molecule has 0 N–H and O–H groups in total. The van der Waals surface area contributed by atoms with E-state index in [2.05, 4.69) is 54.4 Å². The van der Waals surface area contributed by atoms with E-state index in [-0.39, 0.29) is 32.7 Å². The van der Waals surface area contributed by atoms with E-state index in [0.717, 1.165) is 11.8 Å². The number of rotatable bonds is 0. The van der Waals surface area contributed by atoms with Crippen LogP contribution in [0.1, 0.15) is 48.0 Å².